The average Bonchev–Trinajstić information content (AvgIpc) is 3.07. The fraction of sp³-hybridized carbons (Fsp3) is 0.143. The van der Waals surface area contributed by atoms with Gasteiger partial charge in [-0.25, -0.2) is 0 Å². The van der Waals surface area contributed by atoms with Gasteiger partial charge < -0.3 is 9.72 Å². The highest BCUT2D eigenvalue weighted by Gasteiger charge is 2.11. The molecule has 0 bridgehead atoms. The molecule has 4 rings (SSSR count). The molecule has 0 aliphatic carbocycles. The molecule has 0 spiro atoms. The Hall–Kier alpha value is -3.14. The number of hydrogen-bond donors (Lipinski definition) is 1. The topological polar surface area (TPSA) is 50.8 Å². The van der Waals surface area contributed by atoms with Crippen LogP contribution in [0, 0.1) is 13.8 Å². The van der Waals surface area contributed by atoms with Crippen molar-refractivity contribution in [2.45, 2.75) is 13.8 Å². The Morgan fingerprint density at radius 2 is 1.84 bits per heavy atom. The van der Waals surface area contributed by atoms with Gasteiger partial charge in [-0.15, -0.1) is 0 Å². The van der Waals surface area contributed by atoms with Gasteiger partial charge in [0.25, 0.3) is 0 Å². The third kappa shape index (κ3) is 2.76. The maximum atomic E-state index is 5.30. The minimum Gasteiger partial charge on any atom is -0.495 e. The third-order valence-corrected chi connectivity index (χ3v) is 4.54. The van der Waals surface area contributed by atoms with Crippen LogP contribution in [0.1, 0.15) is 11.3 Å². The molecule has 124 valence electrons. The summed E-state index contributed by atoms with van der Waals surface area (Å²) in [5, 5.41) is 1.21. The number of nitrogens with zero attached hydrogens (tertiary/aromatic N) is 2. The zero-order valence-electron chi connectivity index (χ0n) is 14.5. The molecule has 4 aromatic rings. The van der Waals surface area contributed by atoms with Gasteiger partial charge in [-0.2, -0.15) is 0 Å². The summed E-state index contributed by atoms with van der Waals surface area (Å²) >= 11 is 0. The van der Waals surface area contributed by atoms with E-state index in [0.717, 1.165) is 39.3 Å². The van der Waals surface area contributed by atoms with Crippen molar-refractivity contribution in [1.29, 1.82) is 0 Å². The van der Waals surface area contributed by atoms with Gasteiger partial charge in [-0.05, 0) is 55.3 Å². The second-order valence-corrected chi connectivity index (χ2v) is 6.18. The SMILES string of the molecule is COc1cncc(-c2ccc3[nH]c(-c4ccnc(C)c4)cc3c2C)c1. The highest BCUT2D eigenvalue weighted by atomic mass is 16.5. The summed E-state index contributed by atoms with van der Waals surface area (Å²) in [5.74, 6) is 0.763. The summed E-state index contributed by atoms with van der Waals surface area (Å²) in [4.78, 5) is 12.1. The highest BCUT2D eigenvalue weighted by molar-refractivity contribution is 5.93. The molecular weight excluding hydrogens is 310 g/mol. The minimum atomic E-state index is 0.763. The predicted molar refractivity (Wildman–Crippen MR) is 101 cm³/mol. The van der Waals surface area contributed by atoms with Crippen molar-refractivity contribution in [2.75, 3.05) is 7.11 Å². The zero-order chi connectivity index (χ0) is 17.4. The first-order chi connectivity index (χ1) is 12.2. The molecule has 3 heterocycles. The Balaban J connectivity index is 1.85. The van der Waals surface area contributed by atoms with Crippen molar-refractivity contribution >= 4 is 10.9 Å². The van der Waals surface area contributed by atoms with Crippen molar-refractivity contribution in [3.05, 3.63) is 66.2 Å². The summed E-state index contributed by atoms with van der Waals surface area (Å²) in [7, 11) is 1.66. The Morgan fingerprint density at radius 3 is 2.64 bits per heavy atom. The Labute approximate surface area is 146 Å². The monoisotopic (exact) mass is 329 g/mol. The molecule has 1 aromatic carbocycles. The number of aromatic nitrogens is 3. The maximum absolute atomic E-state index is 5.30. The summed E-state index contributed by atoms with van der Waals surface area (Å²) in [5.41, 5.74) is 7.83. The second kappa shape index (κ2) is 6.06. The lowest BCUT2D eigenvalue weighted by atomic mass is 9.98. The van der Waals surface area contributed by atoms with Gasteiger partial charge in [-0.3, -0.25) is 9.97 Å². The number of benzene rings is 1. The van der Waals surface area contributed by atoms with Crippen LogP contribution in [-0.2, 0) is 0 Å². The number of methoxy groups -OCH3 is 1. The van der Waals surface area contributed by atoms with Crippen LogP contribution in [0.3, 0.4) is 0 Å². The Kier molecular flexibility index (Phi) is 3.73. The summed E-state index contributed by atoms with van der Waals surface area (Å²) < 4.78 is 5.30. The van der Waals surface area contributed by atoms with E-state index in [2.05, 4.69) is 46.1 Å². The van der Waals surface area contributed by atoms with Gasteiger partial charge in [0.2, 0.25) is 0 Å². The number of ether oxygens (including phenoxy) is 1. The molecule has 1 N–H and O–H groups in total. The number of fused-ring (bicyclic) bond motifs is 1. The Bertz CT molecular complexity index is 1070. The van der Waals surface area contributed by atoms with Crippen LogP contribution < -0.4 is 4.74 Å². The number of aryl methyl sites for hydroxylation is 2. The molecule has 0 saturated carbocycles. The number of H-pyrrole nitrogens is 1. The van der Waals surface area contributed by atoms with E-state index in [1.165, 1.54) is 10.9 Å². The van der Waals surface area contributed by atoms with Crippen molar-refractivity contribution in [2.24, 2.45) is 0 Å². The minimum absolute atomic E-state index is 0.763. The van der Waals surface area contributed by atoms with Crippen LogP contribution in [0.25, 0.3) is 33.3 Å². The molecule has 4 heteroatoms. The molecule has 0 saturated heterocycles. The third-order valence-electron chi connectivity index (χ3n) is 4.54. The summed E-state index contributed by atoms with van der Waals surface area (Å²) in [6.07, 6.45) is 5.43. The lowest BCUT2D eigenvalue weighted by Gasteiger charge is -2.08. The normalized spacial score (nSPS) is 11.0. The van der Waals surface area contributed by atoms with Gasteiger partial charge >= 0.3 is 0 Å². The van der Waals surface area contributed by atoms with Gasteiger partial charge in [0.15, 0.2) is 0 Å². The fourth-order valence-corrected chi connectivity index (χ4v) is 3.21. The van der Waals surface area contributed by atoms with Crippen LogP contribution in [0.5, 0.6) is 5.75 Å². The highest BCUT2D eigenvalue weighted by Crippen LogP contribution is 2.33. The number of pyridine rings is 2. The van der Waals surface area contributed by atoms with E-state index in [9.17, 15) is 0 Å². The molecular formula is C21H19N3O. The van der Waals surface area contributed by atoms with E-state index in [1.54, 1.807) is 13.3 Å². The fourth-order valence-electron chi connectivity index (χ4n) is 3.21. The molecule has 25 heavy (non-hydrogen) atoms. The van der Waals surface area contributed by atoms with Gasteiger partial charge in [0.05, 0.1) is 13.3 Å². The number of rotatable bonds is 3. The molecule has 0 amide bonds. The molecule has 0 atom stereocenters. The van der Waals surface area contributed by atoms with Crippen molar-refractivity contribution in [1.82, 2.24) is 15.0 Å². The van der Waals surface area contributed by atoms with E-state index in [4.69, 9.17) is 4.74 Å². The van der Waals surface area contributed by atoms with Crippen LogP contribution in [0.2, 0.25) is 0 Å². The molecule has 3 aromatic heterocycles. The standard InChI is InChI=1S/C21H19N3O/c1-13-8-15(6-7-23-13)21-10-19-14(2)18(4-5-20(19)24-21)16-9-17(25-3)12-22-11-16/h4-12,24H,1-3H3. The van der Waals surface area contributed by atoms with Crippen LogP contribution >= 0.6 is 0 Å². The zero-order valence-corrected chi connectivity index (χ0v) is 14.5. The largest absolute Gasteiger partial charge is 0.495 e. The molecule has 0 aliphatic heterocycles. The van der Waals surface area contributed by atoms with Crippen molar-refractivity contribution < 1.29 is 4.74 Å². The first-order valence-corrected chi connectivity index (χ1v) is 8.20. The quantitative estimate of drug-likeness (QED) is 0.580. The molecule has 0 unspecified atom stereocenters. The molecule has 4 nitrogen and oxygen atoms in total. The van der Waals surface area contributed by atoms with E-state index in [0.29, 0.717) is 0 Å². The Morgan fingerprint density at radius 1 is 0.960 bits per heavy atom. The van der Waals surface area contributed by atoms with E-state index >= 15 is 0 Å². The molecule has 0 aliphatic rings. The van der Waals surface area contributed by atoms with E-state index < -0.39 is 0 Å². The number of hydrogen-bond acceptors (Lipinski definition) is 3. The van der Waals surface area contributed by atoms with Crippen molar-refractivity contribution in [3.8, 4) is 28.1 Å². The smallest absolute Gasteiger partial charge is 0.137 e. The second-order valence-electron chi connectivity index (χ2n) is 6.18. The van der Waals surface area contributed by atoms with Gasteiger partial charge in [0, 0.05) is 45.8 Å². The van der Waals surface area contributed by atoms with Crippen molar-refractivity contribution in [3.63, 3.8) is 0 Å². The first-order valence-electron chi connectivity index (χ1n) is 8.20. The summed E-state index contributed by atoms with van der Waals surface area (Å²) in [6.45, 7) is 4.15. The molecule has 0 radical (unpaired) electrons. The van der Waals surface area contributed by atoms with Crippen LogP contribution in [0.15, 0.2) is 55.0 Å². The maximum Gasteiger partial charge on any atom is 0.137 e. The number of nitrogens with one attached hydrogen (secondary N) is 1. The summed E-state index contributed by atoms with van der Waals surface area (Å²) in [6, 6.07) is 12.6. The van der Waals surface area contributed by atoms with Gasteiger partial charge in [-0.1, -0.05) is 6.07 Å². The lowest BCUT2D eigenvalue weighted by Crippen LogP contribution is -1.88. The average molecular weight is 329 g/mol. The molecule has 0 fully saturated rings. The predicted octanol–water partition coefficient (Wildman–Crippen LogP) is 4.92. The first kappa shape index (κ1) is 15.4. The van der Waals surface area contributed by atoms with E-state index in [1.807, 2.05) is 31.5 Å². The van der Waals surface area contributed by atoms with Gasteiger partial charge in [0.1, 0.15) is 5.75 Å². The number of aromatic amines is 1. The van der Waals surface area contributed by atoms with Crippen LogP contribution in [0.4, 0.5) is 0 Å². The van der Waals surface area contributed by atoms with E-state index in [-0.39, 0.29) is 0 Å². The lowest BCUT2D eigenvalue weighted by molar-refractivity contribution is 0.413. The van der Waals surface area contributed by atoms with Crippen LogP contribution in [-0.4, -0.2) is 22.1 Å².